The molecule has 68 valence electrons. The monoisotopic (exact) mass is 176 g/mol. The third kappa shape index (κ3) is 1.49. The van der Waals surface area contributed by atoms with Crippen LogP contribution < -0.4 is 5.43 Å². The van der Waals surface area contributed by atoms with Gasteiger partial charge in [0.2, 0.25) is 0 Å². The number of aryl methyl sites for hydroxylation is 1. The van der Waals surface area contributed by atoms with Gasteiger partial charge in [0.25, 0.3) is 0 Å². The molecule has 0 saturated heterocycles. The van der Waals surface area contributed by atoms with E-state index in [4.69, 9.17) is 4.74 Å². The van der Waals surface area contributed by atoms with Gasteiger partial charge in [-0.05, 0) is 36.1 Å². The Balaban J connectivity index is 2.55. The largest absolute Gasteiger partial charge is 0.377 e. The lowest BCUT2D eigenvalue weighted by Crippen LogP contribution is -1.93. The summed E-state index contributed by atoms with van der Waals surface area (Å²) in [7, 11) is 1.71. The van der Waals surface area contributed by atoms with Crippen LogP contribution in [0.5, 0.6) is 0 Å². The molecule has 1 aromatic rings. The van der Waals surface area contributed by atoms with Gasteiger partial charge < -0.3 is 4.74 Å². The second-order valence-corrected chi connectivity index (χ2v) is 3.32. The second-order valence-electron chi connectivity index (χ2n) is 3.32. The molecule has 0 aliphatic heterocycles. The molecule has 0 aromatic heterocycles. The number of fused-ring (bicyclic) bond motifs is 1. The standard InChI is InChI=1S/C11H12O2/c1-13-11-6-5-8-7-9(12)3-2-4-10(8)11/h2-4,7,11H,5-6H2,1H3. The van der Waals surface area contributed by atoms with E-state index in [1.165, 1.54) is 5.56 Å². The molecule has 2 rings (SSSR count). The van der Waals surface area contributed by atoms with Crippen molar-refractivity contribution < 1.29 is 4.74 Å². The molecule has 0 radical (unpaired) electrons. The highest BCUT2D eigenvalue weighted by molar-refractivity contribution is 5.32. The van der Waals surface area contributed by atoms with Crippen molar-refractivity contribution in [1.82, 2.24) is 0 Å². The number of methoxy groups -OCH3 is 1. The lowest BCUT2D eigenvalue weighted by atomic mass is 10.2. The minimum Gasteiger partial charge on any atom is -0.377 e. The minimum atomic E-state index is 0.0815. The van der Waals surface area contributed by atoms with Crippen LogP contribution in [0.2, 0.25) is 0 Å². The van der Waals surface area contributed by atoms with E-state index in [0.717, 1.165) is 18.4 Å². The Morgan fingerprint density at radius 3 is 3.08 bits per heavy atom. The van der Waals surface area contributed by atoms with Gasteiger partial charge in [0.15, 0.2) is 5.43 Å². The van der Waals surface area contributed by atoms with Crippen LogP contribution in [-0.2, 0) is 11.2 Å². The van der Waals surface area contributed by atoms with Gasteiger partial charge in [-0.2, -0.15) is 0 Å². The Morgan fingerprint density at radius 1 is 1.46 bits per heavy atom. The fourth-order valence-electron chi connectivity index (χ4n) is 1.87. The molecule has 0 bridgehead atoms. The summed E-state index contributed by atoms with van der Waals surface area (Å²) >= 11 is 0. The van der Waals surface area contributed by atoms with Crippen molar-refractivity contribution in [3.8, 4) is 0 Å². The topological polar surface area (TPSA) is 26.3 Å². The highest BCUT2D eigenvalue weighted by Gasteiger charge is 2.20. The summed E-state index contributed by atoms with van der Waals surface area (Å²) < 4.78 is 5.32. The van der Waals surface area contributed by atoms with Crippen LogP contribution in [-0.4, -0.2) is 7.11 Å². The van der Waals surface area contributed by atoms with Gasteiger partial charge in [-0.1, -0.05) is 12.1 Å². The first kappa shape index (κ1) is 8.45. The quantitative estimate of drug-likeness (QED) is 0.650. The van der Waals surface area contributed by atoms with Crippen molar-refractivity contribution in [1.29, 1.82) is 0 Å². The molecule has 1 aromatic carbocycles. The maximum Gasteiger partial charge on any atom is 0.178 e. The predicted octanol–water partition coefficient (Wildman–Crippen LogP) is 1.68. The van der Waals surface area contributed by atoms with Gasteiger partial charge in [-0.15, -0.1) is 0 Å². The smallest absolute Gasteiger partial charge is 0.178 e. The van der Waals surface area contributed by atoms with Gasteiger partial charge in [0, 0.05) is 7.11 Å². The van der Waals surface area contributed by atoms with E-state index >= 15 is 0 Å². The van der Waals surface area contributed by atoms with E-state index < -0.39 is 0 Å². The van der Waals surface area contributed by atoms with Crippen molar-refractivity contribution in [3.63, 3.8) is 0 Å². The number of rotatable bonds is 1. The summed E-state index contributed by atoms with van der Waals surface area (Å²) in [6.07, 6.45) is 2.13. The number of ether oxygens (including phenoxy) is 1. The first-order valence-electron chi connectivity index (χ1n) is 4.47. The van der Waals surface area contributed by atoms with Crippen LogP contribution in [0.3, 0.4) is 0 Å². The zero-order chi connectivity index (χ0) is 9.26. The van der Waals surface area contributed by atoms with Crippen LogP contribution in [0.4, 0.5) is 0 Å². The molecule has 0 spiro atoms. The fraction of sp³-hybridized carbons (Fsp3) is 0.364. The van der Waals surface area contributed by atoms with E-state index in [1.807, 2.05) is 6.07 Å². The van der Waals surface area contributed by atoms with Gasteiger partial charge in [-0.3, -0.25) is 4.79 Å². The average Bonchev–Trinajstić information content (AvgIpc) is 2.39. The van der Waals surface area contributed by atoms with Gasteiger partial charge in [0.1, 0.15) is 0 Å². The Labute approximate surface area is 77.2 Å². The third-order valence-electron chi connectivity index (χ3n) is 2.53. The Morgan fingerprint density at radius 2 is 2.31 bits per heavy atom. The van der Waals surface area contributed by atoms with E-state index in [2.05, 4.69) is 0 Å². The molecule has 0 amide bonds. The normalized spacial score (nSPS) is 19.9. The first-order chi connectivity index (χ1) is 6.31. The molecule has 2 heteroatoms. The Bertz CT molecular complexity index is 371. The molecular formula is C11H12O2. The second kappa shape index (κ2) is 3.30. The lowest BCUT2D eigenvalue weighted by molar-refractivity contribution is 0.105. The summed E-state index contributed by atoms with van der Waals surface area (Å²) in [5, 5.41) is 0. The third-order valence-corrected chi connectivity index (χ3v) is 2.53. The van der Waals surface area contributed by atoms with Crippen molar-refractivity contribution in [2.75, 3.05) is 7.11 Å². The SMILES string of the molecule is COC1CCc2cc(=O)cccc21. The number of hydrogen-bond acceptors (Lipinski definition) is 2. The van der Waals surface area contributed by atoms with Crippen molar-refractivity contribution in [3.05, 3.63) is 45.6 Å². The lowest BCUT2D eigenvalue weighted by Gasteiger charge is -2.06. The molecular weight excluding hydrogens is 164 g/mol. The molecule has 1 aliphatic carbocycles. The molecule has 1 unspecified atom stereocenters. The number of hydrogen-bond donors (Lipinski definition) is 0. The molecule has 0 N–H and O–H groups in total. The molecule has 1 atom stereocenters. The van der Waals surface area contributed by atoms with E-state index in [0.29, 0.717) is 0 Å². The molecule has 13 heavy (non-hydrogen) atoms. The van der Waals surface area contributed by atoms with Gasteiger partial charge >= 0.3 is 0 Å². The first-order valence-corrected chi connectivity index (χ1v) is 4.47. The summed E-state index contributed by atoms with van der Waals surface area (Å²) in [5.41, 5.74) is 2.39. The highest BCUT2D eigenvalue weighted by Crippen LogP contribution is 2.31. The van der Waals surface area contributed by atoms with E-state index in [1.54, 1.807) is 25.3 Å². The summed E-state index contributed by atoms with van der Waals surface area (Å²) in [4.78, 5) is 11.2. The van der Waals surface area contributed by atoms with Crippen LogP contribution >= 0.6 is 0 Å². The van der Waals surface area contributed by atoms with Gasteiger partial charge in [0.05, 0.1) is 6.10 Å². The minimum absolute atomic E-state index is 0.0815. The Hall–Kier alpha value is -1.15. The maximum absolute atomic E-state index is 11.2. The predicted molar refractivity (Wildman–Crippen MR) is 50.8 cm³/mol. The average molecular weight is 176 g/mol. The van der Waals surface area contributed by atoms with Crippen LogP contribution in [0.15, 0.2) is 29.1 Å². The molecule has 1 aliphatic rings. The zero-order valence-corrected chi connectivity index (χ0v) is 7.62. The molecule has 0 heterocycles. The highest BCUT2D eigenvalue weighted by atomic mass is 16.5. The van der Waals surface area contributed by atoms with Crippen molar-refractivity contribution >= 4 is 0 Å². The van der Waals surface area contributed by atoms with Crippen molar-refractivity contribution in [2.45, 2.75) is 18.9 Å². The summed E-state index contributed by atoms with van der Waals surface area (Å²) in [5.74, 6) is 0. The van der Waals surface area contributed by atoms with E-state index in [-0.39, 0.29) is 11.5 Å². The molecule has 0 saturated carbocycles. The summed E-state index contributed by atoms with van der Waals surface area (Å²) in [6.45, 7) is 0. The summed E-state index contributed by atoms with van der Waals surface area (Å²) in [6, 6.07) is 7.09. The Kier molecular flexibility index (Phi) is 2.15. The maximum atomic E-state index is 11.2. The molecule has 2 nitrogen and oxygen atoms in total. The van der Waals surface area contributed by atoms with Crippen molar-refractivity contribution in [2.24, 2.45) is 0 Å². The van der Waals surface area contributed by atoms with Crippen LogP contribution in [0.1, 0.15) is 23.7 Å². The fourth-order valence-corrected chi connectivity index (χ4v) is 1.87. The van der Waals surface area contributed by atoms with Crippen LogP contribution in [0, 0.1) is 0 Å². The zero-order valence-electron chi connectivity index (χ0n) is 7.62. The molecule has 0 fully saturated rings. The van der Waals surface area contributed by atoms with Crippen LogP contribution in [0.25, 0.3) is 0 Å². The van der Waals surface area contributed by atoms with Gasteiger partial charge in [-0.25, -0.2) is 0 Å². The van der Waals surface area contributed by atoms with E-state index in [9.17, 15) is 4.79 Å².